The Hall–Kier alpha value is -1.95. The van der Waals surface area contributed by atoms with Crippen LogP contribution in [0.3, 0.4) is 0 Å². The van der Waals surface area contributed by atoms with Gasteiger partial charge in [0.1, 0.15) is 16.4 Å². The number of aromatic nitrogens is 1. The average molecular weight is 280 g/mol. The maximum absolute atomic E-state index is 13.6. The van der Waals surface area contributed by atoms with Crippen LogP contribution in [0.1, 0.15) is 23.0 Å². The molecule has 1 heterocycles. The van der Waals surface area contributed by atoms with E-state index in [2.05, 4.69) is 9.69 Å². The van der Waals surface area contributed by atoms with E-state index in [9.17, 15) is 9.18 Å². The fourth-order valence-corrected chi connectivity index (χ4v) is 2.38. The summed E-state index contributed by atoms with van der Waals surface area (Å²) >= 11 is 1.11. The lowest BCUT2D eigenvalue weighted by Gasteiger charge is -2.07. The largest absolute Gasteiger partial charge is 0.462 e. The highest BCUT2D eigenvalue weighted by Crippen LogP contribution is 2.29. The van der Waals surface area contributed by atoms with Gasteiger partial charge in [-0.05, 0) is 37.5 Å². The lowest BCUT2D eigenvalue weighted by Crippen LogP contribution is -2.07. The summed E-state index contributed by atoms with van der Waals surface area (Å²) in [4.78, 5) is 11.8. The van der Waals surface area contributed by atoms with Crippen molar-refractivity contribution in [2.24, 2.45) is 0 Å². The van der Waals surface area contributed by atoms with Crippen LogP contribution in [0.15, 0.2) is 24.3 Å². The Morgan fingerprint density at radius 1 is 1.47 bits per heavy atom. The molecular formula is C13H13FN2O2S. The molecule has 1 N–H and O–H groups in total. The van der Waals surface area contributed by atoms with Gasteiger partial charge in [-0.15, -0.1) is 0 Å². The number of nitrogens with zero attached hydrogens (tertiary/aromatic N) is 1. The van der Waals surface area contributed by atoms with Gasteiger partial charge in [0, 0.05) is 0 Å². The summed E-state index contributed by atoms with van der Waals surface area (Å²) in [5, 5.41) is 3.37. The monoisotopic (exact) mass is 280 g/mol. The molecule has 100 valence electrons. The Morgan fingerprint density at radius 2 is 2.21 bits per heavy atom. The average Bonchev–Trinajstić information content (AvgIpc) is 2.74. The molecule has 2 aromatic rings. The number of halogens is 1. The second kappa shape index (κ2) is 5.79. The highest BCUT2D eigenvalue weighted by atomic mass is 32.1. The van der Waals surface area contributed by atoms with Gasteiger partial charge < -0.3 is 10.1 Å². The van der Waals surface area contributed by atoms with Gasteiger partial charge in [-0.3, -0.25) is 0 Å². The number of carbonyl (C=O) groups excluding carboxylic acids is 1. The maximum Gasteiger partial charge on any atom is 0.343 e. The molecule has 0 saturated carbocycles. The molecule has 0 amide bonds. The van der Waals surface area contributed by atoms with Crippen LogP contribution in [-0.4, -0.2) is 16.9 Å². The second-order valence-corrected chi connectivity index (χ2v) is 4.57. The minimum absolute atomic E-state index is 0.285. The molecule has 0 aliphatic rings. The molecule has 1 aromatic heterocycles. The predicted molar refractivity (Wildman–Crippen MR) is 72.5 cm³/mol. The fraction of sp³-hybridized carbons (Fsp3) is 0.231. The van der Waals surface area contributed by atoms with Crippen molar-refractivity contribution in [2.75, 3.05) is 11.9 Å². The van der Waals surface area contributed by atoms with Crippen molar-refractivity contribution >= 4 is 28.2 Å². The molecule has 0 aliphatic heterocycles. The van der Waals surface area contributed by atoms with Crippen molar-refractivity contribution in [1.82, 2.24) is 4.37 Å². The highest BCUT2D eigenvalue weighted by molar-refractivity contribution is 7.10. The molecule has 6 heteroatoms. The Kier molecular flexibility index (Phi) is 4.11. The van der Waals surface area contributed by atoms with Crippen LogP contribution < -0.4 is 5.32 Å². The van der Waals surface area contributed by atoms with Crippen LogP contribution in [0.4, 0.5) is 15.1 Å². The van der Waals surface area contributed by atoms with Crippen molar-refractivity contribution in [3.63, 3.8) is 0 Å². The van der Waals surface area contributed by atoms with Crippen LogP contribution in [0, 0.1) is 12.7 Å². The third-order valence-electron chi connectivity index (χ3n) is 2.46. The molecule has 4 nitrogen and oxygen atoms in total. The van der Waals surface area contributed by atoms with E-state index in [1.54, 1.807) is 32.0 Å². The summed E-state index contributed by atoms with van der Waals surface area (Å²) in [6.45, 7) is 3.74. The van der Waals surface area contributed by atoms with E-state index in [1.165, 1.54) is 6.07 Å². The summed E-state index contributed by atoms with van der Waals surface area (Å²) in [5.41, 5.74) is 1.23. The zero-order valence-corrected chi connectivity index (χ0v) is 11.4. The number of hydrogen-bond acceptors (Lipinski definition) is 5. The predicted octanol–water partition coefficient (Wildman–Crippen LogP) is 3.51. The van der Waals surface area contributed by atoms with E-state index in [0.717, 1.165) is 11.5 Å². The smallest absolute Gasteiger partial charge is 0.343 e. The summed E-state index contributed by atoms with van der Waals surface area (Å²) in [6, 6.07) is 6.26. The van der Waals surface area contributed by atoms with Crippen LogP contribution in [0.25, 0.3) is 0 Å². The molecule has 0 unspecified atom stereocenters. The van der Waals surface area contributed by atoms with Crippen LogP contribution in [-0.2, 0) is 4.74 Å². The molecule has 0 saturated heterocycles. The Bertz CT molecular complexity index is 598. The van der Waals surface area contributed by atoms with Gasteiger partial charge in [0.15, 0.2) is 0 Å². The van der Waals surface area contributed by atoms with E-state index in [0.29, 0.717) is 21.9 Å². The molecule has 0 fully saturated rings. The number of hydrogen-bond donors (Lipinski definition) is 1. The topological polar surface area (TPSA) is 51.2 Å². The van der Waals surface area contributed by atoms with Gasteiger partial charge in [-0.1, -0.05) is 12.1 Å². The molecule has 0 bridgehead atoms. The van der Waals surface area contributed by atoms with Gasteiger partial charge >= 0.3 is 5.97 Å². The number of anilines is 2. The molecule has 0 atom stereocenters. The zero-order chi connectivity index (χ0) is 13.8. The van der Waals surface area contributed by atoms with Gasteiger partial charge in [-0.25, -0.2) is 9.18 Å². The van der Waals surface area contributed by atoms with Crippen LogP contribution in [0.5, 0.6) is 0 Å². The number of nitrogens with one attached hydrogen (secondary N) is 1. The first-order valence-corrected chi connectivity index (χ1v) is 6.55. The summed E-state index contributed by atoms with van der Waals surface area (Å²) in [6.07, 6.45) is 0. The van der Waals surface area contributed by atoms with Crippen molar-refractivity contribution in [2.45, 2.75) is 13.8 Å². The maximum atomic E-state index is 13.6. The van der Waals surface area contributed by atoms with Crippen molar-refractivity contribution in [1.29, 1.82) is 0 Å². The van der Waals surface area contributed by atoms with Gasteiger partial charge in [0.05, 0.1) is 18.0 Å². The van der Waals surface area contributed by atoms with Crippen LogP contribution >= 0.6 is 11.5 Å². The molecular weight excluding hydrogens is 267 g/mol. The third kappa shape index (κ3) is 2.90. The van der Waals surface area contributed by atoms with Crippen molar-refractivity contribution in [3.8, 4) is 0 Å². The summed E-state index contributed by atoms with van der Waals surface area (Å²) < 4.78 is 22.6. The first-order chi connectivity index (χ1) is 9.13. The molecule has 0 radical (unpaired) electrons. The standard InChI is InChI=1S/C13H13FN2O2S/c1-3-18-13(17)11-8(2)16-19-12(11)15-10-7-5-4-6-9(10)14/h4-7,15H,3H2,1-2H3. The number of rotatable bonds is 4. The normalized spacial score (nSPS) is 10.3. The number of carbonyl (C=O) groups is 1. The van der Waals surface area contributed by atoms with E-state index >= 15 is 0 Å². The number of benzene rings is 1. The Labute approximate surface area is 114 Å². The van der Waals surface area contributed by atoms with Crippen molar-refractivity contribution in [3.05, 3.63) is 41.3 Å². The SMILES string of the molecule is CCOC(=O)c1c(C)nsc1Nc1ccccc1F. The number of aryl methyl sites for hydroxylation is 1. The number of para-hydroxylation sites is 1. The fourth-order valence-electron chi connectivity index (χ4n) is 1.58. The summed E-state index contributed by atoms with van der Waals surface area (Å²) in [7, 11) is 0. The number of ether oxygens (including phenoxy) is 1. The summed E-state index contributed by atoms with van der Waals surface area (Å²) in [5.74, 6) is -0.837. The molecule has 1 aromatic carbocycles. The first kappa shape index (κ1) is 13.5. The second-order valence-electron chi connectivity index (χ2n) is 3.80. The van der Waals surface area contributed by atoms with Gasteiger partial charge in [0.25, 0.3) is 0 Å². The lowest BCUT2D eigenvalue weighted by molar-refractivity contribution is 0.0527. The van der Waals surface area contributed by atoms with Crippen molar-refractivity contribution < 1.29 is 13.9 Å². The molecule has 0 spiro atoms. The lowest BCUT2D eigenvalue weighted by atomic mass is 10.2. The minimum Gasteiger partial charge on any atom is -0.462 e. The molecule has 0 aliphatic carbocycles. The zero-order valence-electron chi connectivity index (χ0n) is 10.6. The molecule has 2 rings (SSSR count). The third-order valence-corrected chi connectivity index (χ3v) is 3.32. The molecule has 19 heavy (non-hydrogen) atoms. The van der Waals surface area contributed by atoms with E-state index in [-0.39, 0.29) is 12.4 Å². The number of esters is 1. The van der Waals surface area contributed by atoms with E-state index in [1.807, 2.05) is 0 Å². The van der Waals surface area contributed by atoms with Gasteiger partial charge in [-0.2, -0.15) is 4.37 Å². The quantitative estimate of drug-likeness (QED) is 0.871. The highest BCUT2D eigenvalue weighted by Gasteiger charge is 2.20. The van der Waals surface area contributed by atoms with Crippen LogP contribution in [0.2, 0.25) is 0 Å². The Balaban J connectivity index is 2.31. The first-order valence-electron chi connectivity index (χ1n) is 5.78. The Morgan fingerprint density at radius 3 is 2.89 bits per heavy atom. The minimum atomic E-state index is -0.451. The van der Waals surface area contributed by atoms with E-state index < -0.39 is 5.97 Å². The van der Waals surface area contributed by atoms with E-state index in [4.69, 9.17) is 4.74 Å². The van der Waals surface area contributed by atoms with Gasteiger partial charge in [0.2, 0.25) is 0 Å².